The topological polar surface area (TPSA) is 38.3 Å². The van der Waals surface area contributed by atoms with E-state index in [4.69, 9.17) is 27.9 Å². The third-order valence-corrected chi connectivity index (χ3v) is 4.32. The van der Waals surface area contributed by atoms with Gasteiger partial charge in [-0.05, 0) is 44.4 Å². The van der Waals surface area contributed by atoms with E-state index in [1.165, 1.54) is 0 Å². The molecule has 1 aromatic rings. The molecule has 1 aliphatic rings. The number of nitrogens with one attached hydrogen (secondary N) is 1. The summed E-state index contributed by atoms with van der Waals surface area (Å²) in [6.07, 6.45) is 3.80. The Morgan fingerprint density at radius 1 is 1.35 bits per heavy atom. The predicted molar refractivity (Wildman–Crippen MR) is 82.5 cm³/mol. The molecule has 3 nitrogen and oxygen atoms in total. The molecule has 1 saturated carbocycles. The van der Waals surface area contributed by atoms with Gasteiger partial charge in [-0.25, -0.2) is 0 Å². The van der Waals surface area contributed by atoms with Crippen LogP contribution in [0.15, 0.2) is 18.2 Å². The average Bonchev–Trinajstić information content (AvgIpc) is 2.43. The van der Waals surface area contributed by atoms with Crippen LogP contribution < -0.4 is 5.32 Å². The van der Waals surface area contributed by atoms with Crippen LogP contribution in [0.5, 0.6) is 0 Å². The zero-order valence-electron chi connectivity index (χ0n) is 11.5. The molecule has 0 heterocycles. The zero-order valence-corrected chi connectivity index (χ0v) is 13.0. The molecule has 1 fully saturated rings. The number of halogens is 2. The van der Waals surface area contributed by atoms with Crippen LogP contribution in [0.4, 0.5) is 5.69 Å². The van der Waals surface area contributed by atoms with Gasteiger partial charge >= 0.3 is 5.97 Å². The fourth-order valence-corrected chi connectivity index (χ4v) is 2.91. The minimum atomic E-state index is -0.0758. The molecule has 0 aliphatic heterocycles. The van der Waals surface area contributed by atoms with Crippen molar-refractivity contribution in [3.63, 3.8) is 0 Å². The van der Waals surface area contributed by atoms with E-state index in [2.05, 4.69) is 5.32 Å². The SMILES string of the molecule is CCOC(=O)C1CCCC(Nc2ccc(Cl)c(Cl)c2)C1. The summed E-state index contributed by atoms with van der Waals surface area (Å²) >= 11 is 11.9. The third kappa shape index (κ3) is 4.03. The van der Waals surface area contributed by atoms with Crippen molar-refractivity contribution in [2.75, 3.05) is 11.9 Å². The van der Waals surface area contributed by atoms with Crippen LogP contribution in [-0.4, -0.2) is 18.6 Å². The zero-order chi connectivity index (χ0) is 14.5. The van der Waals surface area contributed by atoms with Crippen molar-refractivity contribution in [2.45, 2.75) is 38.6 Å². The first kappa shape index (κ1) is 15.5. The lowest BCUT2D eigenvalue weighted by Crippen LogP contribution is -2.32. The summed E-state index contributed by atoms with van der Waals surface area (Å²) in [5.74, 6) is -0.0721. The van der Waals surface area contributed by atoms with E-state index >= 15 is 0 Å². The molecule has 0 aromatic heterocycles. The largest absolute Gasteiger partial charge is 0.466 e. The molecule has 0 radical (unpaired) electrons. The Balaban J connectivity index is 1.95. The fourth-order valence-electron chi connectivity index (χ4n) is 2.62. The van der Waals surface area contributed by atoms with Crippen LogP contribution >= 0.6 is 23.2 Å². The highest BCUT2D eigenvalue weighted by Crippen LogP contribution is 2.30. The molecule has 110 valence electrons. The Bertz CT molecular complexity index is 479. The summed E-state index contributed by atoms with van der Waals surface area (Å²) in [6, 6.07) is 5.77. The smallest absolute Gasteiger partial charge is 0.308 e. The number of anilines is 1. The van der Waals surface area contributed by atoms with Crippen LogP contribution in [0.3, 0.4) is 0 Å². The molecule has 1 aromatic carbocycles. The van der Waals surface area contributed by atoms with E-state index in [1.807, 2.05) is 19.1 Å². The van der Waals surface area contributed by atoms with E-state index in [0.717, 1.165) is 31.4 Å². The van der Waals surface area contributed by atoms with Gasteiger partial charge in [-0.15, -0.1) is 0 Å². The molecule has 2 unspecified atom stereocenters. The Morgan fingerprint density at radius 2 is 2.15 bits per heavy atom. The second kappa shape index (κ2) is 7.19. The molecule has 0 amide bonds. The molecule has 1 N–H and O–H groups in total. The number of carbonyl (C=O) groups excluding carboxylic acids is 1. The number of hydrogen-bond donors (Lipinski definition) is 1. The van der Waals surface area contributed by atoms with Crippen LogP contribution in [0, 0.1) is 5.92 Å². The van der Waals surface area contributed by atoms with Crippen molar-refractivity contribution < 1.29 is 9.53 Å². The van der Waals surface area contributed by atoms with Gasteiger partial charge in [-0.2, -0.15) is 0 Å². The lowest BCUT2D eigenvalue weighted by Gasteiger charge is -2.29. The number of esters is 1. The molecular weight excluding hydrogens is 297 g/mol. The Labute approximate surface area is 129 Å². The summed E-state index contributed by atoms with van der Waals surface area (Å²) in [4.78, 5) is 11.8. The lowest BCUT2D eigenvalue weighted by atomic mass is 9.85. The van der Waals surface area contributed by atoms with Crippen LogP contribution in [-0.2, 0) is 9.53 Å². The molecule has 1 aliphatic carbocycles. The summed E-state index contributed by atoms with van der Waals surface area (Å²) in [7, 11) is 0. The Morgan fingerprint density at radius 3 is 2.85 bits per heavy atom. The standard InChI is InChI=1S/C15H19Cl2NO2/c1-2-20-15(19)10-4-3-5-11(8-10)18-12-6-7-13(16)14(17)9-12/h6-7,9-11,18H,2-5,8H2,1H3. The molecule has 0 bridgehead atoms. The van der Waals surface area contributed by atoms with Gasteiger partial charge in [-0.3, -0.25) is 4.79 Å². The first-order valence-electron chi connectivity index (χ1n) is 6.98. The van der Waals surface area contributed by atoms with E-state index in [-0.39, 0.29) is 17.9 Å². The van der Waals surface area contributed by atoms with Gasteiger partial charge < -0.3 is 10.1 Å². The highest BCUT2D eigenvalue weighted by molar-refractivity contribution is 6.42. The highest BCUT2D eigenvalue weighted by Gasteiger charge is 2.28. The van der Waals surface area contributed by atoms with Gasteiger partial charge in [0.15, 0.2) is 0 Å². The van der Waals surface area contributed by atoms with Crippen molar-refractivity contribution in [3.05, 3.63) is 28.2 Å². The molecule has 2 atom stereocenters. The quantitative estimate of drug-likeness (QED) is 0.830. The van der Waals surface area contributed by atoms with Gasteiger partial charge in [0.1, 0.15) is 0 Å². The van der Waals surface area contributed by atoms with Crippen molar-refractivity contribution in [1.82, 2.24) is 0 Å². The maximum absolute atomic E-state index is 11.8. The molecule has 5 heteroatoms. The normalized spacial score (nSPS) is 22.4. The molecular formula is C15H19Cl2NO2. The summed E-state index contributed by atoms with van der Waals surface area (Å²) in [6.45, 7) is 2.28. The van der Waals surface area contributed by atoms with Gasteiger partial charge in [0.2, 0.25) is 0 Å². The van der Waals surface area contributed by atoms with E-state index in [0.29, 0.717) is 16.7 Å². The molecule has 0 saturated heterocycles. The minimum Gasteiger partial charge on any atom is -0.466 e. The van der Waals surface area contributed by atoms with Crippen molar-refractivity contribution in [2.24, 2.45) is 5.92 Å². The molecule has 2 rings (SSSR count). The molecule has 0 spiro atoms. The van der Waals surface area contributed by atoms with Crippen molar-refractivity contribution in [1.29, 1.82) is 0 Å². The van der Waals surface area contributed by atoms with Crippen LogP contribution in [0.1, 0.15) is 32.6 Å². The van der Waals surface area contributed by atoms with E-state index in [9.17, 15) is 4.79 Å². The molecule has 20 heavy (non-hydrogen) atoms. The first-order chi connectivity index (χ1) is 9.60. The second-order valence-corrected chi connectivity index (χ2v) is 5.90. The monoisotopic (exact) mass is 315 g/mol. The van der Waals surface area contributed by atoms with Gasteiger partial charge in [0.25, 0.3) is 0 Å². The van der Waals surface area contributed by atoms with Gasteiger partial charge in [0.05, 0.1) is 22.6 Å². The van der Waals surface area contributed by atoms with Crippen LogP contribution in [0.2, 0.25) is 10.0 Å². The van der Waals surface area contributed by atoms with Gasteiger partial charge in [0, 0.05) is 11.7 Å². The minimum absolute atomic E-state index is 0.00368. The van der Waals surface area contributed by atoms with Crippen LogP contribution in [0.25, 0.3) is 0 Å². The number of carbonyl (C=O) groups is 1. The summed E-state index contributed by atoms with van der Waals surface area (Å²) < 4.78 is 5.11. The highest BCUT2D eigenvalue weighted by atomic mass is 35.5. The number of ether oxygens (including phenoxy) is 1. The van der Waals surface area contributed by atoms with Gasteiger partial charge in [-0.1, -0.05) is 29.6 Å². The number of hydrogen-bond acceptors (Lipinski definition) is 3. The maximum Gasteiger partial charge on any atom is 0.308 e. The second-order valence-electron chi connectivity index (χ2n) is 5.09. The van der Waals surface area contributed by atoms with E-state index < -0.39 is 0 Å². The predicted octanol–water partition coefficient (Wildman–Crippen LogP) is 4.53. The Hall–Kier alpha value is -0.930. The number of rotatable bonds is 4. The maximum atomic E-state index is 11.8. The van der Waals surface area contributed by atoms with E-state index in [1.54, 1.807) is 6.07 Å². The average molecular weight is 316 g/mol. The lowest BCUT2D eigenvalue weighted by molar-refractivity contribution is -0.149. The first-order valence-corrected chi connectivity index (χ1v) is 7.74. The van der Waals surface area contributed by atoms with Crippen molar-refractivity contribution >= 4 is 34.9 Å². The summed E-state index contributed by atoms with van der Waals surface area (Å²) in [5, 5.41) is 4.51. The fraction of sp³-hybridized carbons (Fsp3) is 0.533. The third-order valence-electron chi connectivity index (χ3n) is 3.58. The van der Waals surface area contributed by atoms with Crippen molar-refractivity contribution in [3.8, 4) is 0 Å². The summed E-state index contributed by atoms with van der Waals surface area (Å²) in [5.41, 5.74) is 0.939. The Kier molecular flexibility index (Phi) is 5.55. The number of benzene rings is 1.